The minimum absolute atomic E-state index is 1.13. The third kappa shape index (κ3) is 2.48. The molecule has 1 aromatic carbocycles. The van der Waals surface area contributed by atoms with Gasteiger partial charge in [0.25, 0.3) is 0 Å². The molecule has 0 bridgehead atoms. The summed E-state index contributed by atoms with van der Waals surface area (Å²) in [5, 5.41) is 0. The Morgan fingerprint density at radius 3 is 2.54 bits per heavy atom. The van der Waals surface area contributed by atoms with Gasteiger partial charge in [0.2, 0.25) is 0 Å². The Bertz CT molecular complexity index is 278. The van der Waals surface area contributed by atoms with Gasteiger partial charge in [0.05, 0.1) is 0 Å². The van der Waals surface area contributed by atoms with Crippen LogP contribution in [0, 0.1) is 13.8 Å². The highest BCUT2D eigenvalue weighted by molar-refractivity contribution is 5.54. The molecule has 0 aromatic heterocycles. The number of hydrogen-bond donors (Lipinski definition) is 0. The minimum Gasteiger partial charge on any atom is -0.374 e. The molecule has 0 atom stereocenters. The number of hydrogen-bond acceptors (Lipinski definition) is 1. The SMILES string of the molecule is CCCN(C)c1cc(C)ccc1C. The molecule has 1 rings (SSSR count). The van der Waals surface area contributed by atoms with Crippen LogP contribution in [0.1, 0.15) is 24.5 Å². The molecule has 0 heterocycles. The zero-order valence-corrected chi connectivity index (χ0v) is 9.09. The first-order chi connectivity index (χ1) is 6.15. The highest BCUT2D eigenvalue weighted by Gasteiger charge is 2.02. The molecule has 0 unspecified atom stereocenters. The molecule has 0 amide bonds. The van der Waals surface area contributed by atoms with Gasteiger partial charge in [-0.3, -0.25) is 0 Å². The molecular weight excluding hydrogens is 158 g/mol. The maximum Gasteiger partial charge on any atom is 0.0395 e. The first kappa shape index (κ1) is 10.1. The van der Waals surface area contributed by atoms with Crippen molar-refractivity contribution in [2.75, 3.05) is 18.5 Å². The van der Waals surface area contributed by atoms with Crippen molar-refractivity contribution >= 4 is 5.69 Å². The van der Waals surface area contributed by atoms with Crippen LogP contribution in [0.2, 0.25) is 0 Å². The average molecular weight is 177 g/mol. The fourth-order valence-electron chi connectivity index (χ4n) is 1.59. The van der Waals surface area contributed by atoms with Crippen molar-refractivity contribution in [2.24, 2.45) is 0 Å². The number of nitrogens with zero attached hydrogens (tertiary/aromatic N) is 1. The molecule has 0 saturated carbocycles. The van der Waals surface area contributed by atoms with Crippen LogP contribution in [0.15, 0.2) is 18.2 Å². The Morgan fingerprint density at radius 2 is 1.92 bits per heavy atom. The van der Waals surface area contributed by atoms with E-state index in [2.05, 4.69) is 50.9 Å². The second-order valence-electron chi connectivity index (χ2n) is 3.71. The van der Waals surface area contributed by atoms with Gasteiger partial charge in [-0.15, -0.1) is 0 Å². The van der Waals surface area contributed by atoms with E-state index in [9.17, 15) is 0 Å². The van der Waals surface area contributed by atoms with Crippen molar-refractivity contribution in [2.45, 2.75) is 27.2 Å². The van der Waals surface area contributed by atoms with Gasteiger partial charge in [-0.25, -0.2) is 0 Å². The normalized spacial score (nSPS) is 10.2. The number of rotatable bonds is 3. The summed E-state index contributed by atoms with van der Waals surface area (Å²) in [7, 11) is 2.16. The lowest BCUT2D eigenvalue weighted by Gasteiger charge is -2.21. The van der Waals surface area contributed by atoms with Crippen LogP contribution in [0.3, 0.4) is 0 Å². The largest absolute Gasteiger partial charge is 0.374 e. The van der Waals surface area contributed by atoms with Crippen molar-refractivity contribution < 1.29 is 0 Å². The molecular formula is C12H19N. The zero-order chi connectivity index (χ0) is 9.84. The van der Waals surface area contributed by atoms with Crippen LogP contribution in [0.25, 0.3) is 0 Å². The lowest BCUT2D eigenvalue weighted by Crippen LogP contribution is -2.18. The summed E-state index contributed by atoms with van der Waals surface area (Å²) >= 11 is 0. The van der Waals surface area contributed by atoms with E-state index in [0.29, 0.717) is 0 Å². The van der Waals surface area contributed by atoms with E-state index in [1.807, 2.05) is 0 Å². The summed E-state index contributed by atoms with van der Waals surface area (Å²) in [6.07, 6.45) is 1.20. The van der Waals surface area contributed by atoms with Gasteiger partial charge in [0, 0.05) is 19.3 Å². The predicted molar refractivity (Wildman–Crippen MR) is 59.5 cm³/mol. The zero-order valence-electron chi connectivity index (χ0n) is 9.09. The van der Waals surface area contributed by atoms with E-state index in [4.69, 9.17) is 0 Å². The van der Waals surface area contributed by atoms with E-state index < -0.39 is 0 Å². The molecule has 1 nitrogen and oxygen atoms in total. The smallest absolute Gasteiger partial charge is 0.0395 e. The minimum atomic E-state index is 1.13. The summed E-state index contributed by atoms with van der Waals surface area (Å²) in [5.41, 5.74) is 4.06. The average Bonchev–Trinajstić information content (AvgIpc) is 2.09. The van der Waals surface area contributed by atoms with E-state index in [1.54, 1.807) is 0 Å². The lowest BCUT2D eigenvalue weighted by atomic mass is 10.1. The van der Waals surface area contributed by atoms with Crippen molar-refractivity contribution in [3.05, 3.63) is 29.3 Å². The molecule has 0 spiro atoms. The first-order valence-electron chi connectivity index (χ1n) is 4.93. The third-order valence-corrected chi connectivity index (χ3v) is 2.33. The molecule has 0 N–H and O–H groups in total. The maximum atomic E-state index is 2.32. The van der Waals surface area contributed by atoms with Gasteiger partial charge in [-0.2, -0.15) is 0 Å². The summed E-state index contributed by atoms with van der Waals surface area (Å²) < 4.78 is 0. The van der Waals surface area contributed by atoms with Crippen molar-refractivity contribution in [3.63, 3.8) is 0 Å². The van der Waals surface area contributed by atoms with Crippen LogP contribution < -0.4 is 4.90 Å². The van der Waals surface area contributed by atoms with Crippen LogP contribution >= 0.6 is 0 Å². The maximum absolute atomic E-state index is 2.32. The van der Waals surface area contributed by atoms with Crippen LogP contribution in [-0.4, -0.2) is 13.6 Å². The van der Waals surface area contributed by atoms with Crippen molar-refractivity contribution in [3.8, 4) is 0 Å². The first-order valence-corrected chi connectivity index (χ1v) is 4.93. The summed E-state index contributed by atoms with van der Waals surface area (Å²) in [4.78, 5) is 2.32. The van der Waals surface area contributed by atoms with Gasteiger partial charge in [0.15, 0.2) is 0 Å². The topological polar surface area (TPSA) is 3.24 Å². The van der Waals surface area contributed by atoms with Gasteiger partial charge >= 0.3 is 0 Å². The second-order valence-corrected chi connectivity index (χ2v) is 3.71. The highest BCUT2D eigenvalue weighted by Crippen LogP contribution is 2.20. The molecule has 0 radical (unpaired) electrons. The van der Waals surface area contributed by atoms with Crippen LogP contribution in [-0.2, 0) is 0 Å². The Morgan fingerprint density at radius 1 is 1.23 bits per heavy atom. The molecule has 13 heavy (non-hydrogen) atoms. The van der Waals surface area contributed by atoms with Gasteiger partial charge < -0.3 is 4.90 Å². The number of anilines is 1. The molecule has 1 aromatic rings. The van der Waals surface area contributed by atoms with Crippen LogP contribution in [0.4, 0.5) is 5.69 Å². The molecule has 0 fully saturated rings. The van der Waals surface area contributed by atoms with E-state index in [0.717, 1.165) is 6.54 Å². The molecule has 0 aliphatic rings. The summed E-state index contributed by atoms with van der Waals surface area (Å²) in [6, 6.07) is 6.61. The van der Waals surface area contributed by atoms with E-state index in [-0.39, 0.29) is 0 Å². The van der Waals surface area contributed by atoms with Gasteiger partial charge in [-0.1, -0.05) is 19.1 Å². The third-order valence-electron chi connectivity index (χ3n) is 2.33. The second kappa shape index (κ2) is 4.31. The predicted octanol–water partition coefficient (Wildman–Crippen LogP) is 3.15. The quantitative estimate of drug-likeness (QED) is 0.685. The van der Waals surface area contributed by atoms with Gasteiger partial charge in [-0.05, 0) is 37.5 Å². The lowest BCUT2D eigenvalue weighted by molar-refractivity contribution is 0.848. The molecule has 0 saturated heterocycles. The molecule has 1 heteroatoms. The fraction of sp³-hybridized carbons (Fsp3) is 0.500. The Labute approximate surface area is 81.4 Å². The standard InChI is InChI=1S/C12H19N/c1-5-8-13(4)12-9-10(2)6-7-11(12)3/h6-7,9H,5,8H2,1-4H3. The van der Waals surface area contributed by atoms with Crippen molar-refractivity contribution in [1.82, 2.24) is 0 Å². The number of aryl methyl sites for hydroxylation is 2. The van der Waals surface area contributed by atoms with E-state index >= 15 is 0 Å². The molecule has 0 aliphatic heterocycles. The van der Waals surface area contributed by atoms with E-state index in [1.165, 1.54) is 23.2 Å². The Balaban J connectivity index is 2.91. The molecule has 72 valence electrons. The van der Waals surface area contributed by atoms with Crippen LogP contribution in [0.5, 0.6) is 0 Å². The van der Waals surface area contributed by atoms with Crippen molar-refractivity contribution in [1.29, 1.82) is 0 Å². The Kier molecular flexibility index (Phi) is 3.35. The monoisotopic (exact) mass is 177 g/mol. The fourth-order valence-corrected chi connectivity index (χ4v) is 1.59. The molecule has 0 aliphatic carbocycles. The van der Waals surface area contributed by atoms with Gasteiger partial charge in [0.1, 0.15) is 0 Å². The Hall–Kier alpha value is -0.980. The summed E-state index contributed by atoms with van der Waals surface area (Å²) in [5.74, 6) is 0. The highest BCUT2D eigenvalue weighted by atomic mass is 15.1. The number of benzene rings is 1. The summed E-state index contributed by atoms with van der Waals surface area (Å²) in [6.45, 7) is 7.65.